The number of alkyl halides is 3. The average molecular weight is 352 g/mol. The quantitative estimate of drug-likeness (QED) is 0.892. The fourth-order valence-electron chi connectivity index (χ4n) is 1.52. The first-order valence-corrected chi connectivity index (χ1v) is 7.21. The molecule has 0 spiro atoms. The van der Waals surface area contributed by atoms with E-state index in [4.69, 9.17) is 11.6 Å². The van der Waals surface area contributed by atoms with Crippen molar-refractivity contribution >= 4 is 34.7 Å². The van der Waals surface area contributed by atoms with Gasteiger partial charge in [-0.2, -0.15) is 13.2 Å². The van der Waals surface area contributed by atoms with Crippen LogP contribution in [-0.2, 0) is 6.18 Å². The van der Waals surface area contributed by atoms with Gasteiger partial charge in [-0.25, -0.2) is 9.97 Å². The molecule has 5 nitrogen and oxygen atoms in total. The van der Waals surface area contributed by atoms with Crippen LogP contribution in [0.5, 0.6) is 0 Å². The molecular formula is C12H11ClF3N4OS+. The van der Waals surface area contributed by atoms with Gasteiger partial charge in [0.15, 0.2) is 5.01 Å². The van der Waals surface area contributed by atoms with E-state index in [0.29, 0.717) is 11.1 Å². The van der Waals surface area contributed by atoms with Gasteiger partial charge in [0.05, 0.1) is 16.8 Å². The molecule has 0 radical (unpaired) electrons. The Balaban J connectivity index is 2.21. The van der Waals surface area contributed by atoms with Gasteiger partial charge < -0.3 is 11.1 Å². The number of anilines is 1. The highest BCUT2D eigenvalue weighted by Crippen LogP contribution is 2.35. The van der Waals surface area contributed by atoms with Crippen LogP contribution in [0.1, 0.15) is 33.2 Å². The topological polar surface area (TPSA) is 82.5 Å². The molecule has 118 valence electrons. The molecule has 0 bridgehead atoms. The first-order chi connectivity index (χ1) is 10.2. The van der Waals surface area contributed by atoms with Gasteiger partial charge in [-0.3, -0.25) is 4.79 Å². The lowest BCUT2D eigenvalue weighted by molar-refractivity contribution is -0.420. The van der Waals surface area contributed by atoms with Crippen LogP contribution in [0, 0.1) is 0 Å². The molecule has 2 rings (SSSR count). The first kappa shape index (κ1) is 16.7. The van der Waals surface area contributed by atoms with E-state index >= 15 is 0 Å². The minimum Gasteiger partial charge on any atom is -0.350 e. The Labute approximate surface area is 132 Å². The lowest BCUT2D eigenvalue weighted by atomic mass is 10.2. The number of nitrogens with one attached hydrogen (secondary N) is 1. The van der Waals surface area contributed by atoms with E-state index in [9.17, 15) is 18.0 Å². The summed E-state index contributed by atoms with van der Waals surface area (Å²) in [7, 11) is 0. The largest absolute Gasteiger partial charge is 0.418 e. The van der Waals surface area contributed by atoms with Crippen LogP contribution in [0.15, 0.2) is 18.5 Å². The summed E-state index contributed by atoms with van der Waals surface area (Å²) in [5.74, 6) is -0.827. The third-order valence-electron chi connectivity index (χ3n) is 2.57. The molecule has 22 heavy (non-hydrogen) atoms. The zero-order valence-electron chi connectivity index (χ0n) is 11.2. The summed E-state index contributed by atoms with van der Waals surface area (Å²) in [6.45, 7) is 1.82. The zero-order valence-corrected chi connectivity index (χ0v) is 12.8. The number of carbonyl (C=O) groups excluding carboxylic acids is 1. The summed E-state index contributed by atoms with van der Waals surface area (Å²) < 4.78 is 38.2. The SMILES string of the molecule is C[C@@H]([NH3+])c1ncc(C(=O)Nc2cc(C(F)(F)F)c(Cl)cn2)s1. The smallest absolute Gasteiger partial charge is 0.350 e. The van der Waals surface area contributed by atoms with Crippen LogP contribution < -0.4 is 11.1 Å². The van der Waals surface area contributed by atoms with Crippen LogP contribution >= 0.6 is 22.9 Å². The van der Waals surface area contributed by atoms with E-state index in [1.807, 2.05) is 6.92 Å². The second-order valence-electron chi connectivity index (χ2n) is 4.47. The molecular weight excluding hydrogens is 341 g/mol. The number of pyridine rings is 1. The zero-order chi connectivity index (χ0) is 16.5. The molecule has 2 aromatic rings. The van der Waals surface area contributed by atoms with Crippen molar-refractivity contribution in [3.63, 3.8) is 0 Å². The van der Waals surface area contributed by atoms with E-state index in [1.54, 1.807) is 0 Å². The van der Waals surface area contributed by atoms with Crippen LogP contribution in [-0.4, -0.2) is 15.9 Å². The average Bonchev–Trinajstić information content (AvgIpc) is 2.89. The highest BCUT2D eigenvalue weighted by molar-refractivity contribution is 7.13. The van der Waals surface area contributed by atoms with Crippen LogP contribution in [0.4, 0.5) is 19.0 Å². The van der Waals surface area contributed by atoms with Crippen molar-refractivity contribution in [3.8, 4) is 0 Å². The summed E-state index contributed by atoms with van der Waals surface area (Å²) in [6, 6.07) is 0.601. The van der Waals surface area contributed by atoms with E-state index in [1.165, 1.54) is 6.20 Å². The molecule has 0 saturated carbocycles. The lowest BCUT2D eigenvalue weighted by Crippen LogP contribution is -2.51. The normalized spacial score (nSPS) is 13.0. The molecule has 1 amide bonds. The van der Waals surface area contributed by atoms with Crippen molar-refractivity contribution in [2.75, 3.05) is 5.32 Å². The third kappa shape index (κ3) is 3.73. The summed E-state index contributed by atoms with van der Waals surface area (Å²) in [5, 5.41) is 2.42. The molecule has 0 aliphatic carbocycles. The van der Waals surface area contributed by atoms with E-state index in [0.717, 1.165) is 17.5 Å². The summed E-state index contributed by atoms with van der Waals surface area (Å²) >= 11 is 6.58. The number of hydrogen-bond acceptors (Lipinski definition) is 4. The number of hydrogen-bond donors (Lipinski definition) is 2. The highest BCUT2D eigenvalue weighted by Gasteiger charge is 2.34. The Kier molecular flexibility index (Phi) is 4.69. The number of carbonyl (C=O) groups is 1. The van der Waals surface area contributed by atoms with Gasteiger partial charge in [-0.15, -0.1) is 11.3 Å². The highest BCUT2D eigenvalue weighted by atomic mass is 35.5. The maximum Gasteiger partial charge on any atom is 0.418 e. The van der Waals surface area contributed by atoms with Crippen molar-refractivity contribution < 1.29 is 23.7 Å². The molecule has 0 saturated heterocycles. The number of nitrogens with zero attached hydrogens (tertiary/aromatic N) is 2. The maximum atomic E-state index is 12.7. The Morgan fingerprint density at radius 2 is 2.09 bits per heavy atom. The predicted octanol–water partition coefficient (Wildman–Crippen LogP) is 2.77. The molecule has 4 N–H and O–H groups in total. The number of aromatic nitrogens is 2. The van der Waals surface area contributed by atoms with Gasteiger partial charge in [0.2, 0.25) is 0 Å². The van der Waals surface area contributed by atoms with Gasteiger partial charge in [-0.05, 0) is 13.0 Å². The molecule has 0 unspecified atom stereocenters. The number of thiazole rings is 1. The Morgan fingerprint density at radius 3 is 2.64 bits per heavy atom. The second-order valence-corrected chi connectivity index (χ2v) is 5.93. The maximum absolute atomic E-state index is 12.7. The van der Waals surface area contributed by atoms with Gasteiger partial charge in [0.25, 0.3) is 5.91 Å². The van der Waals surface area contributed by atoms with E-state index in [-0.39, 0.29) is 16.7 Å². The molecule has 10 heteroatoms. The van der Waals surface area contributed by atoms with Crippen molar-refractivity contribution in [1.82, 2.24) is 9.97 Å². The van der Waals surface area contributed by atoms with Gasteiger partial charge >= 0.3 is 6.18 Å². The Bertz CT molecular complexity index is 702. The van der Waals surface area contributed by atoms with E-state index in [2.05, 4.69) is 21.0 Å². The lowest BCUT2D eigenvalue weighted by Gasteiger charge is -2.10. The van der Waals surface area contributed by atoms with Gasteiger partial charge in [0, 0.05) is 6.20 Å². The van der Waals surface area contributed by atoms with Crippen molar-refractivity contribution in [3.05, 3.63) is 38.9 Å². The first-order valence-electron chi connectivity index (χ1n) is 6.01. The predicted molar refractivity (Wildman–Crippen MR) is 75.6 cm³/mol. The molecule has 2 heterocycles. The monoisotopic (exact) mass is 351 g/mol. The standard InChI is InChI=1S/C12H10ClF3N4OS/c1-5(17)11-19-4-8(22-11)10(21)20-9-2-6(12(14,15)16)7(13)3-18-9/h2-5H,17H2,1H3,(H,18,20,21)/p+1/t5-/m1/s1. The Morgan fingerprint density at radius 1 is 1.41 bits per heavy atom. The molecule has 0 aromatic carbocycles. The molecule has 0 aliphatic rings. The summed E-state index contributed by atoms with van der Waals surface area (Å²) in [5.41, 5.74) is 2.72. The van der Waals surface area contributed by atoms with Crippen LogP contribution in [0.2, 0.25) is 5.02 Å². The van der Waals surface area contributed by atoms with Gasteiger partial charge in [0.1, 0.15) is 16.7 Å². The minimum atomic E-state index is -4.62. The number of halogens is 4. The fraction of sp³-hybridized carbons (Fsp3) is 0.250. The van der Waals surface area contributed by atoms with Crippen LogP contribution in [0.25, 0.3) is 0 Å². The number of amides is 1. The molecule has 0 aliphatic heterocycles. The molecule has 1 atom stereocenters. The van der Waals surface area contributed by atoms with Crippen molar-refractivity contribution in [1.29, 1.82) is 0 Å². The minimum absolute atomic E-state index is 0.0861. The summed E-state index contributed by atoms with van der Waals surface area (Å²) in [6.07, 6.45) is -2.44. The second kappa shape index (κ2) is 6.19. The summed E-state index contributed by atoms with van der Waals surface area (Å²) in [4.78, 5) is 19.9. The number of quaternary nitrogens is 1. The van der Waals surface area contributed by atoms with Crippen molar-refractivity contribution in [2.24, 2.45) is 0 Å². The molecule has 0 fully saturated rings. The third-order valence-corrected chi connectivity index (χ3v) is 4.10. The molecule has 2 aromatic heterocycles. The van der Waals surface area contributed by atoms with E-state index < -0.39 is 22.7 Å². The van der Waals surface area contributed by atoms with Crippen LogP contribution in [0.3, 0.4) is 0 Å². The Hall–Kier alpha value is -1.71. The fourth-order valence-corrected chi connectivity index (χ4v) is 2.51. The number of rotatable bonds is 3. The van der Waals surface area contributed by atoms with Gasteiger partial charge in [-0.1, -0.05) is 11.6 Å². The van der Waals surface area contributed by atoms with Crippen molar-refractivity contribution in [2.45, 2.75) is 19.1 Å².